The number of hydrogen-bond acceptors (Lipinski definition) is 15. The number of aliphatic hydroxyl groups excluding tert-OH is 5. The zero-order chi connectivity index (χ0) is 32.7. The van der Waals surface area contributed by atoms with Crippen molar-refractivity contribution in [1.82, 2.24) is 0 Å². The van der Waals surface area contributed by atoms with E-state index in [2.05, 4.69) is 0 Å². The average Bonchev–Trinajstić information content (AvgIpc) is 3.77. The van der Waals surface area contributed by atoms with Crippen LogP contribution < -0.4 is 0 Å². The first-order chi connectivity index (χ1) is 22.1. The lowest BCUT2D eigenvalue weighted by molar-refractivity contribution is -0.344. The van der Waals surface area contributed by atoms with Crippen LogP contribution >= 0.6 is 0 Å². The zero-order valence-corrected chi connectivity index (χ0v) is 25.0. The number of benzene rings is 1. The van der Waals surface area contributed by atoms with Crippen molar-refractivity contribution in [3.8, 4) is 0 Å². The van der Waals surface area contributed by atoms with Crippen LogP contribution in [0.25, 0.3) is 6.08 Å². The quantitative estimate of drug-likeness (QED) is 0.120. The molecule has 46 heavy (non-hydrogen) atoms. The Hall–Kier alpha value is -2.96. The molecule has 6 rings (SSSR count). The van der Waals surface area contributed by atoms with Crippen molar-refractivity contribution in [3.05, 3.63) is 54.3 Å². The van der Waals surface area contributed by atoms with E-state index in [1.54, 1.807) is 31.2 Å². The minimum absolute atomic E-state index is 0.397. The molecule has 15 heteroatoms. The summed E-state index contributed by atoms with van der Waals surface area (Å²) in [5.41, 5.74) is 0.756. The Labute approximate surface area is 263 Å². The molecule has 3 saturated heterocycles. The van der Waals surface area contributed by atoms with Crippen molar-refractivity contribution >= 4 is 18.0 Å². The van der Waals surface area contributed by atoms with Crippen molar-refractivity contribution < 1.29 is 73.0 Å². The summed E-state index contributed by atoms with van der Waals surface area (Å²) < 4.78 is 46.4. The molecule has 4 heterocycles. The molecule has 252 valence electrons. The molecule has 5 N–H and O–H groups in total. The van der Waals surface area contributed by atoms with Crippen LogP contribution in [0.4, 0.5) is 0 Å². The van der Waals surface area contributed by atoms with Crippen molar-refractivity contribution in [3.63, 3.8) is 0 Å². The van der Waals surface area contributed by atoms with Crippen LogP contribution in [0, 0.1) is 11.8 Å². The number of aliphatic hydroxyl groups is 5. The van der Waals surface area contributed by atoms with Gasteiger partial charge in [0.05, 0.1) is 37.1 Å². The highest BCUT2D eigenvalue weighted by Crippen LogP contribution is 2.53. The Morgan fingerprint density at radius 3 is 2.30 bits per heavy atom. The first-order valence-electron chi connectivity index (χ1n) is 15.1. The van der Waals surface area contributed by atoms with Crippen LogP contribution in [0.3, 0.4) is 0 Å². The second kappa shape index (κ2) is 13.6. The third kappa shape index (κ3) is 6.57. The zero-order valence-electron chi connectivity index (χ0n) is 25.0. The van der Waals surface area contributed by atoms with Crippen molar-refractivity contribution in [2.45, 2.75) is 99.9 Å². The second-order valence-corrected chi connectivity index (χ2v) is 11.9. The summed E-state index contributed by atoms with van der Waals surface area (Å²) in [6.07, 6.45) is -10.3. The molecule has 0 radical (unpaired) electrons. The van der Waals surface area contributed by atoms with Crippen LogP contribution in [0.5, 0.6) is 0 Å². The van der Waals surface area contributed by atoms with Crippen molar-refractivity contribution in [2.24, 2.45) is 11.8 Å². The number of ether oxygens (including phenoxy) is 8. The maximum Gasteiger partial charge on any atom is 0.331 e. The van der Waals surface area contributed by atoms with Gasteiger partial charge in [-0.3, -0.25) is 4.79 Å². The number of esters is 2. The summed E-state index contributed by atoms with van der Waals surface area (Å²) in [5, 5.41) is 51.2. The minimum Gasteiger partial charge on any atom is -0.472 e. The largest absolute Gasteiger partial charge is 0.472 e. The van der Waals surface area contributed by atoms with Crippen LogP contribution in [0.2, 0.25) is 0 Å². The number of fused-ring (bicyclic) bond motifs is 3. The van der Waals surface area contributed by atoms with Crippen LogP contribution in [-0.4, -0.2) is 130 Å². The number of carbonyl (C=O) groups excluding carboxylic acids is 2. The Balaban J connectivity index is 1.16. The highest BCUT2D eigenvalue weighted by Gasteiger charge is 2.67. The summed E-state index contributed by atoms with van der Waals surface area (Å²) in [6.45, 7) is 2.12. The van der Waals surface area contributed by atoms with Gasteiger partial charge in [-0.2, -0.15) is 0 Å². The molecule has 4 fully saturated rings. The van der Waals surface area contributed by atoms with Gasteiger partial charge in [-0.15, -0.1) is 0 Å². The first-order valence-corrected chi connectivity index (χ1v) is 15.1. The summed E-state index contributed by atoms with van der Waals surface area (Å²) >= 11 is 0. The van der Waals surface area contributed by atoms with Gasteiger partial charge in [-0.25, -0.2) is 4.79 Å². The van der Waals surface area contributed by atoms with E-state index in [4.69, 9.17) is 37.9 Å². The molecule has 16 atom stereocenters. The number of hydrogen-bond donors (Lipinski definition) is 5. The summed E-state index contributed by atoms with van der Waals surface area (Å²) in [6, 6.07) is 9.06. The molecule has 1 aliphatic carbocycles. The van der Waals surface area contributed by atoms with Gasteiger partial charge in [0.1, 0.15) is 36.6 Å². The molecule has 5 aliphatic rings. The molecule has 15 nitrogen and oxygen atoms in total. The normalized spacial score (nSPS) is 44.6. The molecule has 0 amide bonds. The monoisotopic (exact) mass is 650 g/mol. The SMILES string of the molecule is CC(=O)O[C@H]1[C@H](O[C@H]2[C@@H]3C=CO[C@H](O[C@@H]4O[C@H](CO)[C@@H](O)[C@H](O)[C@H]4O)[C@@H]3[C@H]3O[C@@H]23)O[C@@H](C)[C@H](O)[C@H]1OC(=O)/C=C/c1ccccc1. The Bertz CT molecular complexity index is 1290. The van der Waals surface area contributed by atoms with Crippen LogP contribution in [-0.2, 0) is 47.5 Å². The van der Waals surface area contributed by atoms with E-state index in [-0.39, 0.29) is 0 Å². The fourth-order valence-corrected chi connectivity index (χ4v) is 6.45. The molecule has 0 unspecified atom stereocenters. The molecular formula is C31H38O15. The van der Waals surface area contributed by atoms with E-state index in [9.17, 15) is 35.1 Å². The lowest BCUT2D eigenvalue weighted by Crippen LogP contribution is -2.61. The predicted molar refractivity (Wildman–Crippen MR) is 151 cm³/mol. The van der Waals surface area contributed by atoms with E-state index in [0.717, 1.165) is 5.56 Å². The maximum absolute atomic E-state index is 12.8. The van der Waals surface area contributed by atoms with Gasteiger partial charge in [0, 0.05) is 18.9 Å². The topological polar surface area (TPSA) is 212 Å². The highest BCUT2D eigenvalue weighted by molar-refractivity contribution is 5.87. The number of epoxide rings is 1. The maximum atomic E-state index is 12.8. The molecule has 0 aromatic heterocycles. The van der Waals surface area contributed by atoms with Gasteiger partial charge >= 0.3 is 11.9 Å². The molecule has 0 spiro atoms. The third-order valence-electron chi connectivity index (χ3n) is 8.85. The van der Waals surface area contributed by atoms with Crippen molar-refractivity contribution in [1.29, 1.82) is 0 Å². The molecule has 4 aliphatic heterocycles. The lowest BCUT2D eigenvalue weighted by Gasteiger charge is -2.44. The molecule has 1 aromatic carbocycles. The second-order valence-electron chi connectivity index (χ2n) is 11.9. The standard InChI is InChI=1S/C31H38O15/c1-13-20(35)26(43-18(34)9-8-15-6-4-3-5-7-15)28(41-14(2)33)31(40-13)45-24-16-10-11-39-29(19(16)25-27(24)44-25)46-30-23(38)22(37)21(36)17(12-32)42-30/h3-11,13,16-17,19-32,35-38H,12H2,1-2H3/b9-8+/t13-,16+,17+,19-,20-,21+,22-,23+,24-,25+,26+,27-,28+,29+,30-,31-/m0/s1. The minimum atomic E-state index is -1.63. The third-order valence-corrected chi connectivity index (χ3v) is 8.85. The van der Waals surface area contributed by atoms with E-state index in [1.807, 2.05) is 18.2 Å². The highest BCUT2D eigenvalue weighted by atomic mass is 16.8. The van der Waals surface area contributed by atoms with E-state index in [0.29, 0.717) is 0 Å². The summed E-state index contributed by atoms with van der Waals surface area (Å²) in [7, 11) is 0. The van der Waals surface area contributed by atoms with Crippen molar-refractivity contribution in [2.75, 3.05) is 6.61 Å². The van der Waals surface area contributed by atoms with Gasteiger partial charge in [0.15, 0.2) is 24.8 Å². The molecule has 1 aromatic rings. The van der Waals surface area contributed by atoms with Crippen LogP contribution in [0.15, 0.2) is 48.7 Å². The predicted octanol–water partition coefficient (Wildman–Crippen LogP) is -1.27. The first kappa shape index (κ1) is 33.0. The van der Waals surface area contributed by atoms with E-state index < -0.39 is 116 Å². The average molecular weight is 651 g/mol. The molecule has 0 bridgehead atoms. The van der Waals surface area contributed by atoms with Gasteiger partial charge in [0.25, 0.3) is 0 Å². The fourth-order valence-electron chi connectivity index (χ4n) is 6.45. The Kier molecular flexibility index (Phi) is 9.78. The smallest absolute Gasteiger partial charge is 0.331 e. The van der Waals surface area contributed by atoms with E-state index in [1.165, 1.54) is 19.3 Å². The van der Waals surface area contributed by atoms with Gasteiger partial charge < -0.3 is 63.4 Å². The lowest BCUT2D eigenvalue weighted by atomic mass is 9.91. The van der Waals surface area contributed by atoms with Gasteiger partial charge in [-0.1, -0.05) is 30.3 Å². The number of carbonyl (C=O) groups is 2. The number of rotatable bonds is 9. The summed E-state index contributed by atoms with van der Waals surface area (Å²) in [5.74, 6) is -2.37. The fraction of sp³-hybridized carbons (Fsp3) is 0.613. The van der Waals surface area contributed by atoms with Crippen LogP contribution in [0.1, 0.15) is 19.4 Å². The summed E-state index contributed by atoms with van der Waals surface area (Å²) in [4.78, 5) is 24.9. The Morgan fingerprint density at radius 1 is 0.826 bits per heavy atom. The van der Waals surface area contributed by atoms with Gasteiger partial charge in [0.2, 0.25) is 6.29 Å². The van der Waals surface area contributed by atoms with Gasteiger partial charge in [-0.05, 0) is 24.6 Å². The molecular weight excluding hydrogens is 612 g/mol. The molecule has 1 saturated carbocycles. The van der Waals surface area contributed by atoms with E-state index >= 15 is 0 Å². The Morgan fingerprint density at radius 2 is 1.59 bits per heavy atom.